The maximum atomic E-state index is 12.3. The van der Waals surface area contributed by atoms with Crippen molar-refractivity contribution in [2.24, 2.45) is 5.92 Å². The Hall–Kier alpha value is -0.940. The SMILES string of the molecule is CC1=CS(=O)[C@@]2([C@@H](O)[C@@H]3C=CCCC3)C(=O)N[C@@H]12. The van der Waals surface area contributed by atoms with E-state index >= 15 is 0 Å². The third kappa shape index (κ3) is 1.34. The average molecular weight is 267 g/mol. The molecule has 2 heterocycles. The van der Waals surface area contributed by atoms with Crippen molar-refractivity contribution in [3.8, 4) is 0 Å². The predicted molar refractivity (Wildman–Crippen MR) is 69.0 cm³/mol. The molecule has 18 heavy (non-hydrogen) atoms. The van der Waals surface area contributed by atoms with Crippen LogP contribution in [0, 0.1) is 5.92 Å². The molecule has 0 aromatic carbocycles. The number of hydrogen-bond donors (Lipinski definition) is 2. The van der Waals surface area contributed by atoms with Crippen LogP contribution in [0.15, 0.2) is 23.1 Å². The minimum absolute atomic E-state index is 0.0597. The van der Waals surface area contributed by atoms with Gasteiger partial charge >= 0.3 is 0 Å². The molecule has 1 saturated heterocycles. The van der Waals surface area contributed by atoms with E-state index in [2.05, 4.69) is 5.32 Å². The summed E-state index contributed by atoms with van der Waals surface area (Å²) in [6.45, 7) is 1.85. The van der Waals surface area contributed by atoms with Crippen LogP contribution in [0.25, 0.3) is 0 Å². The van der Waals surface area contributed by atoms with E-state index in [1.54, 1.807) is 5.41 Å². The van der Waals surface area contributed by atoms with Gasteiger partial charge in [0.15, 0.2) is 4.75 Å². The van der Waals surface area contributed by atoms with E-state index in [0.29, 0.717) is 0 Å². The van der Waals surface area contributed by atoms with Gasteiger partial charge in [-0.3, -0.25) is 9.00 Å². The van der Waals surface area contributed by atoms with Crippen LogP contribution in [0.4, 0.5) is 0 Å². The van der Waals surface area contributed by atoms with E-state index in [1.807, 2.05) is 19.1 Å². The lowest BCUT2D eigenvalue weighted by molar-refractivity contribution is -0.137. The molecule has 0 radical (unpaired) electrons. The molecule has 0 aromatic heterocycles. The zero-order valence-corrected chi connectivity index (χ0v) is 11.1. The van der Waals surface area contributed by atoms with Gasteiger partial charge in [-0.25, -0.2) is 0 Å². The number of hydrogen-bond acceptors (Lipinski definition) is 3. The number of β-lactam (4-membered cyclic amide) rings is 1. The summed E-state index contributed by atoms with van der Waals surface area (Å²) in [5.74, 6) is -0.332. The first-order valence-corrected chi connectivity index (χ1v) is 7.54. The van der Waals surface area contributed by atoms with Gasteiger partial charge in [-0.15, -0.1) is 0 Å². The molecule has 1 unspecified atom stereocenters. The Balaban J connectivity index is 1.94. The highest BCUT2D eigenvalue weighted by atomic mass is 32.2. The van der Waals surface area contributed by atoms with Gasteiger partial charge in [-0.1, -0.05) is 12.2 Å². The van der Waals surface area contributed by atoms with E-state index < -0.39 is 21.7 Å². The molecule has 2 aliphatic heterocycles. The Morgan fingerprint density at radius 2 is 2.39 bits per heavy atom. The second-order valence-corrected chi connectivity index (χ2v) is 6.83. The third-order valence-corrected chi connectivity index (χ3v) is 6.19. The molecular weight excluding hydrogens is 250 g/mol. The lowest BCUT2D eigenvalue weighted by atomic mass is 9.74. The minimum Gasteiger partial charge on any atom is -0.390 e. The Labute approximate surface area is 109 Å². The van der Waals surface area contributed by atoms with Crippen molar-refractivity contribution in [2.75, 3.05) is 0 Å². The van der Waals surface area contributed by atoms with Gasteiger partial charge in [0.25, 0.3) is 0 Å². The molecule has 0 bridgehead atoms. The molecule has 98 valence electrons. The van der Waals surface area contributed by atoms with Crippen molar-refractivity contribution in [3.05, 3.63) is 23.1 Å². The molecular formula is C13H17NO3S. The molecule has 3 rings (SSSR count). The molecule has 0 spiro atoms. The van der Waals surface area contributed by atoms with E-state index in [-0.39, 0.29) is 17.9 Å². The largest absolute Gasteiger partial charge is 0.390 e. The summed E-state index contributed by atoms with van der Waals surface area (Å²) in [5, 5.41) is 14.9. The number of aliphatic hydroxyl groups excluding tert-OH is 1. The molecule has 0 saturated carbocycles. The zero-order valence-electron chi connectivity index (χ0n) is 10.3. The van der Waals surface area contributed by atoms with Gasteiger partial charge in [0.05, 0.1) is 22.9 Å². The molecule has 5 heteroatoms. The zero-order chi connectivity index (χ0) is 12.9. The molecule has 5 atom stereocenters. The van der Waals surface area contributed by atoms with Crippen LogP contribution in [0.2, 0.25) is 0 Å². The number of carbonyl (C=O) groups excluding carboxylic acids is 1. The van der Waals surface area contributed by atoms with Crippen molar-refractivity contribution in [3.63, 3.8) is 0 Å². The summed E-state index contributed by atoms with van der Waals surface area (Å²) in [6.07, 6.45) is 6.04. The Bertz CT molecular complexity index is 485. The Morgan fingerprint density at radius 3 is 2.94 bits per heavy atom. The lowest BCUT2D eigenvalue weighted by Gasteiger charge is -2.48. The van der Waals surface area contributed by atoms with Gasteiger partial charge in [0.2, 0.25) is 5.91 Å². The Kier molecular flexibility index (Phi) is 2.71. The maximum Gasteiger partial charge on any atom is 0.244 e. The van der Waals surface area contributed by atoms with E-state index in [9.17, 15) is 14.1 Å². The van der Waals surface area contributed by atoms with Crippen molar-refractivity contribution < 1.29 is 14.1 Å². The fourth-order valence-corrected chi connectivity index (χ4v) is 5.04. The second-order valence-electron chi connectivity index (χ2n) is 5.33. The maximum absolute atomic E-state index is 12.3. The van der Waals surface area contributed by atoms with Crippen LogP contribution in [0.3, 0.4) is 0 Å². The monoisotopic (exact) mass is 267 g/mol. The third-order valence-electron chi connectivity index (χ3n) is 4.28. The summed E-state index contributed by atoms with van der Waals surface area (Å²) in [7, 11) is -1.42. The first-order chi connectivity index (χ1) is 8.58. The van der Waals surface area contributed by atoms with Crippen molar-refractivity contribution in [2.45, 2.75) is 43.1 Å². The fourth-order valence-electron chi connectivity index (χ4n) is 3.24. The Morgan fingerprint density at radius 1 is 1.61 bits per heavy atom. The smallest absolute Gasteiger partial charge is 0.244 e. The number of rotatable bonds is 2. The van der Waals surface area contributed by atoms with Gasteiger partial charge in [0, 0.05) is 11.3 Å². The fraction of sp³-hybridized carbons (Fsp3) is 0.615. The first-order valence-electron chi connectivity index (χ1n) is 6.33. The highest BCUT2D eigenvalue weighted by Gasteiger charge is 2.67. The van der Waals surface area contributed by atoms with E-state index in [4.69, 9.17) is 0 Å². The number of aliphatic hydroxyl groups is 1. The van der Waals surface area contributed by atoms with Gasteiger partial charge in [-0.05, 0) is 31.8 Å². The van der Waals surface area contributed by atoms with Crippen molar-refractivity contribution in [1.82, 2.24) is 5.32 Å². The predicted octanol–water partition coefficient (Wildman–Crippen LogP) is 0.607. The molecule has 2 N–H and O–H groups in total. The minimum atomic E-state index is -1.42. The van der Waals surface area contributed by atoms with Gasteiger partial charge in [-0.2, -0.15) is 0 Å². The molecule has 1 fully saturated rings. The summed E-state index contributed by atoms with van der Waals surface area (Å²) in [4.78, 5) is 12.0. The van der Waals surface area contributed by atoms with Crippen LogP contribution in [-0.4, -0.2) is 32.1 Å². The number of carbonyl (C=O) groups is 1. The van der Waals surface area contributed by atoms with Crippen LogP contribution in [-0.2, 0) is 15.6 Å². The van der Waals surface area contributed by atoms with E-state index in [0.717, 1.165) is 24.8 Å². The first kappa shape index (κ1) is 12.1. The van der Waals surface area contributed by atoms with Crippen molar-refractivity contribution >= 4 is 16.7 Å². The summed E-state index contributed by atoms with van der Waals surface area (Å²) in [5.41, 5.74) is 0.895. The van der Waals surface area contributed by atoms with Crippen LogP contribution < -0.4 is 5.32 Å². The van der Waals surface area contributed by atoms with E-state index in [1.165, 1.54) is 0 Å². The molecule has 3 aliphatic rings. The van der Waals surface area contributed by atoms with Crippen molar-refractivity contribution in [1.29, 1.82) is 0 Å². The quantitative estimate of drug-likeness (QED) is 0.569. The molecule has 1 aliphatic carbocycles. The summed E-state index contributed by atoms with van der Waals surface area (Å²) >= 11 is 0. The topological polar surface area (TPSA) is 66.4 Å². The number of allylic oxidation sites excluding steroid dienone is 1. The van der Waals surface area contributed by atoms with Gasteiger partial charge in [0.1, 0.15) is 0 Å². The number of nitrogens with one attached hydrogen (secondary N) is 1. The highest BCUT2D eigenvalue weighted by molar-refractivity contribution is 7.90. The van der Waals surface area contributed by atoms with Crippen LogP contribution >= 0.6 is 0 Å². The summed E-state index contributed by atoms with van der Waals surface area (Å²) in [6, 6.07) is -0.254. The van der Waals surface area contributed by atoms with Gasteiger partial charge < -0.3 is 10.4 Å². The molecule has 1 amide bonds. The second kappa shape index (κ2) is 4.03. The normalized spacial score (nSPS) is 43.8. The van der Waals surface area contributed by atoms with Crippen LogP contribution in [0.5, 0.6) is 0 Å². The number of fused-ring (bicyclic) bond motifs is 1. The highest BCUT2D eigenvalue weighted by Crippen LogP contribution is 2.45. The number of amides is 1. The standard InChI is InChI=1S/C13H17NO3S/c1-8-7-18(17)13(10(8)14-12(13)16)11(15)9-5-3-2-4-6-9/h3,5,7,9-11,15H,2,4,6H2,1H3,(H,14,16)/t9-,10+,11+,13+,18?/m1/s1. The molecule has 0 aromatic rings. The lowest BCUT2D eigenvalue weighted by Crippen LogP contribution is -2.77. The average Bonchev–Trinajstić information content (AvgIpc) is 2.56. The van der Waals surface area contributed by atoms with Crippen LogP contribution in [0.1, 0.15) is 26.2 Å². The molecule has 4 nitrogen and oxygen atoms in total. The summed E-state index contributed by atoms with van der Waals surface area (Å²) < 4.78 is 11.1.